The van der Waals surface area contributed by atoms with Crippen LogP contribution in [0.3, 0.4) is 0 Å². The number of benzene rings is 1. The summed E-state index contributed by atoms with van der Waals surface area (Å²) >= 11 is 1.96. The van der Waals surface area contributed by atoms with Gasteiger partial charge in [0, 0.05) is 31.2 Å². The molecule has 0 saturated carbocycles. The van der Waals surface area contributed by atoms with E-state index in [4.69, 9.17) is 4.74 Å². The van der Waals surface area contributed by atoms with Gasteiger partial charge in [-0.25, -0.2) is 0 Å². The van der Waals surface area contributed by atoms with Crippen molar-refractivity contribution >= 4 is 17.7 Å². The number of nitrogens with zero attached hydrogens (tertiary/aromatic N) is 1. The first-order valence-corrected chi connectivity index (χ1v) is 9.70. The second-order valence-corrected chi connectivity index (χ2v) is 7.54. The second-order valence-electron chi connectivity index (χ2n) is 6.31. The Bertz CT molecular complexity index is 499. The number of carbonyl (C=O) groups excluding carboxylic acids is 1. The lowest BCUT2D eigenvalue weighted by Crippen LogP contribution is -2.49. The van der Waals surface area contributed by atoms with Gasteiger partial charge in [-0.1, -0.05) is 30.3 Å². The van der Waals surface area contributed by atoms with E-state index in [1.165, 1.54) is 0 Å². The number of carbonyl (C=O) groups is 1. The summed E-state index contributed by atoms with van der Waals surface area (Å²) in [5, 5.41) is 3.21. The van der Waals surface area contributed by atoms with E-state index in [9.17, 15) is 4.79 Å². The van der Waals surface area contributed by atoms with E-state index in [0.29, 0.717) is 0 Å². The van der Waals surface area contributed by atoms with Gasteiger partial charge in [-0.05, 0) is 25.3 Å². The number of thioether (sulfide) groups is 1. The average molecular weight is 334 g/mol. The number of ether oxygens (including phenoxy) is 1. The molecular weight excluding hydrogens is 308 g/mol. The molecule has 2 saturated heterocycles. The molecule has 126 valence electrons. The molecule has 2 heterocycles. The molecule has 1 amide bonds. The minimum absolute atomic E-state index is 0.0652. The molecule has 0 bridgehead atoms. The fourth-order valence-electron chi connectivity index (χ4n) is 3.39. The van der Waals surface area contributed by atoms with E-state index in [0.717, 1.165) is 49.6 Å². The van der Waals surface area contributed by atoms with Gasteiger partial charge in [0.05, 0.1) is 12.1 Å². The van der Waals surface area contributed by atoms with Gasteiger partial charge in [-0.3, -0.25) is 9.69 Å². The summed E-state index contributed by atoms with van der Waals surface area (Å²) in [7, 11) is 0. The lowest BCUT2D eigenvalue weighted by molar-refractivity contribution is -0.128. The molecule has 0 unspecified atom stereocenters. The van der Waals surface area contributed by atoms with Gasteiger partial charge in [0.1, 0.15) is 6.04 Å². The van der Waals surface area contributed by atoms with Crippen LogP contribution in [0.5, 0.6) is 0 Å². The third kappa shape index (κ3) is 4.28. The molecule has 3 rings (SSSR count). The Morgan fingerprint density at radius 3 is 2.70 bits per heavy atom. The number of nitrogens with one attached hydrogen (secondary N) is 1. The first-order valence-electron chi connectivity index (χ1n) is 8.54. The maximum absolute atomic E-state index is 13.0. The van der Waals surface area contributed by atoms with Crippen molar-refractivity contribution in [2.75, 3.05) is 31.2 Å². The zero-order valence-corrected chi connectivity index (χ0v) is 14.6. The van der Waals surface area contributed by atoms with Crippen LogP contribution in [0.4, 0.5) is 0 Å². The Morgan fingerprint density at radius 2 is 2.04 bits per heavy atom. The van der Waals surface area contributed by atoms with Crippen LogP contribution in [0.25, 0.3) is 0 Å². The van der Waals surface area contributed by atoms with Crippen LogP contribution in [-0.4, -0.2) is 54.2 Å². The van der Waals surface area contributed by atoms with Gasteiger partial charge in [-0.15, -0.1) is 0 Å². The molecule has 2 fully saturated rings. The Balaban J connectivity index is 1.72. The molecule has 2 aliphatic heterocycles. The highest BCUT2D eigenvalue weighted by atomic mass is 32.2. The topological polar surface area (TPSA) is 41.6 Å². The van der Waals surface area contributed by atoms with E-state index in [1.54, 1.807) is 0 Å². The molecule has 0 aromatic heterocycles. The molecule has 1 aromatic rings. The Hall–Kier alpha value is -1.04. The van der Waals surface area contributed by atoms with Gasteiger partial charge in [0.15, 0.2) is 0 Å². The van der Waals surface area contributed by atoms with Crippen molar-refractivity contribution in [3.8, 4) is 0 Å². The van der Waals surface area contributed by atoms with Crippen LogP contribution < -0.4 is 5.32 Å². The number of hydrogen-bond donors (Lipinski definition) is 1. The van der Waals surface area contributed by atoms with Gasteiger partial charge in [0.2, 0.25) is 5.91 Å². The van der Waals surface area contributed by atoms with Crippen molar-refractivity contribution in [1.82, 2.24) is 10.2 Å². The maximum Gasteiger partial charge on any atom is 0.242 e. The van der Waals surface area contributed by atoms with Crippen LogP contribution >= 0.6 is 11.8 Å². The fraction of sp³-hybridized carbons (Fsp3) is 0.611. The summed E-state index contributed by atoms with van der Waals surface area (Å²) in [4.78, 5) is 15.3. The SMILES string of the molecule is C[C@H](NC(=O)[C@H](c1ccccc1)N1CCSCC1)[C@H]1CCCO1. The first kappa shape index (κ1) is 16.8. The summed E-state index contributed by atoms with van der Waals surface area (Å²) in [6, 6.07) is 10.0. The van der Waals surface area contributed by atoms with Crippen molar-refractivity contribution in [3.05, 3.63) is 35.9 Å². The first-order chi connectivity index (χ1) is 11.3. The van der Waals surface area contributed by atoms with Crippen molar-refractivity contribution in [3.63, 3.8) is 0 Å². The Labute approximate surface area is 143 Å². The molecule has 23 heavy (non-hydrogen) atoms. The molecule has 0 aliphatic carbocycles. The van der Waals surface area contributed by atoms with Crippen LogP contribution in [0, 0.1) is 0 Å². The molecule has 4 nitrogen and oxygen atoms in total. The minimum atomic E-state index is -0.194. The van der Waals surface area contributed by atoms with E-state index in [1.807, 2.05) is 30.0 Å². The predicted octanol–water partition coefficient (Wildman–Crippen LogP) is 2.46. The molecular formula is C18H26N2O2S. The number of hydrogen-bond acceptors (Lipinski definition) is 4. The third-order valence-corrected chi connectivity index (χ3v) is 5.61. The fourth-order valence-corrected chi connectivity index (χ4v) is 4.32. The molecule has 0 spiro atoms. The molecule has 0 radical (unpaired) electrons. The van der Waals surface area contributed by atoms with Crippen LogP contribution in [0.15, 0.2) is 30.3 Å². The monoisotopic (exact) mass is 334 g/mol. The maximum atomic E-state index is 13.0. The third-order valence-electron chi connectivity index (χ3n) is 4.67. The Morgan fingerprint density at radius 1 is 1.30 bits per heavy atom. The zero-order valence-electron chi connectivity index (χ0n) is 13.7. The second kappa shape index (κ2) is 8.18. The smallest absolute Gasteiger partial charge is 0.242 e. The van der Waals surface area contributed by atoms with Gasteiger partial charge < -0.3 is 10.1 Å². The van der Waals surface area contributed by atoms with E-state index in [-0.39, 0.29) is 24.1 Å². The Kier molecular flexibility index (Phi) is 5.97. The van der Waals surface area contributed by atoms with E-state index >= 15 is 0 Å². The summed E-state index contributed by atoms with van der Waals surface area (Å²) in [6.45, 7) is 4.80. The molecule has 5 heteroatoms. The van der Waals surface area contributed by atoms with Crippen molar-refractivity contribution in [2.45, 2.75) is 38.0 Å². The lowest BCUT2D eigenvalue weighted by atomic mass is 10.0. The normalized spacial score (nSPS) is 25.0. The number of amides is 1. The van der Waals surface area contributed by atoms with Crippen LogP contribution in [0.1, 0.15) is 31.4 Å². The van der Waals surface area contributed by atoms with Crippen molar-refractivity contribution in [1.29, 1.82) is 0 Å². The quantitative estimate of drug-likeness (QED) is 0.898. The summed E-state index contributed by atoms with van der Waals surface area (Å²) in [5.41, 5.74) is 1.08. The minimum Gasteiger partial charge on any atom is -0.376 e. The average Bonchev–Trinajstić information content (AvgIpc) is 3.12. The summed E-state index contributed by atoms with van der Waals surface area (Å²) < 4.78 is 5.71. The van der Waals surface area contributed by atoms with Crippen LogP contribution in [0.2, 0.25) is 0 Å². The predicted molar refractivity (Wildman–Crippen MR) is 94.7 cm³/mol. The van der Waals surface area contributed by atoms with E-state index < -0.39 is 0 Å². The highest BCUT2D eigenvalue weighted by molar-refractivity contribution is 7.99. The highest BCUT2D eigenvalue weighted by Gasteiger charge is 2.31. The molecule has 1 N–H and O–H groups in total. The van der Waals surface area contributed by atoms with Gasteiger partial charge in [0.25, 0.3) is 0 Å². The van der Waals surface area contributed by atoms with Crippen molar-refractivity contribution < 1.29 is 9.53 Å². The largest absolute Gasteiger partial charge is 0.376 e. The standard InChI is InChI=1S/C18H26N2O2S/c1-14(16-8-5-11-22-16)19-18(21)17(15-6-3-2-4-7-15)20-9-12-23-13-10-20/h2-4,6-7,14,16-17H,5,8-13H2,1H3,(H,19,21)/t14-,16+,17-/m0/s1. The van der Waals surface area contributed by atoms with E-state index in [2.05, 4.69) is 29.3 Å². The zero-order chi connectivity index (χ0) is 16.1. The molecule has 2 aliphatic rings. The molecule has 3 atom stereocenters. The van der Waals surface area contributed by atoms with Gasteiger partial charge >= 0.3 is 0 Å². The summed E-state index contributed by atoms with van der Waals surface area (Å²) in [6.07, 6.45) is 2.29. The van der Waals surface area contributed by atoms with Crippen molar-refractivity contribution in [2.24, 2.45) is 0 Å². The van der Waals surface area contributed by atoms with Crippen LogP contribution in [-0.2, 0) is 9.53 Å². The number of rotatable bonds is 5. The summed E-state index contributed by atoms with van der Waals surface area (Å²) in [5.74, 6) is 2.29. The molecule has 1 aromatic carbocycles. The lowest BCUT2D eigenvalue weighted by Gasteiger charge is -2.34. The highest BCUT2D eigenvalue weighted by Crippen LogP contribution is 2.25. The van der Waals surface area contributed by atoms with Gasteiger partial charge in [-0.2, -0.15) is 11.8 Å².